The summed E-state index contributed by atoms with van der Waals surface area (Å²) in [6.07, 6.45) is 5.00. The van der Waals surface area contributed by atoms with Gasteiger partial charge in [0.05, 0.1) is 5.02 Å². The summed E-state index contributed by atoms with van der Waals surface area (Å²) in [5, 5.41) is 0.207. The molecule has 4 heteroatoms. The molecule has 0 spiro atoms. The fourth-order valence-electron chi connectivity index (χ4n) is 3.58. The van der Waals surface area contributed by atoms with Gasteiger partial charge in [-0.3, -0.25) is 4.90 Å². The molecule has 0 aromatic heterocycles. The number of halogens is 2. The minimum Gasteiger partial charge on any atom is -0.366 e. The van der Waals surface area contributed by atoms with E-state index in [1.54, 1.807) is 12.1 Å². The van der Waals surface area contributed by atoms with Crippen molar-refractivity contribution in [2.24, 2.45) is 0 Å². The number of piperazine rings is 1. The fourth-order valence-corrected chi connectivity index (χ4v) is 3.70. The molecule has 2 aliphatic heterocycles. The number of anilines is 1. The molecule has 0 saturated carbocycles. The Bertz CT molecular complexity index is 480. The largest absolute Gasteiger partial charge is 0.366 e. The van der Waals surface area contributed by atoms with E-state index in [4.69, 9.17) is 11.6 Å². The third kappa shape index (κ3) is 2.66. The minimum absolute atomic E-state index is 0.207. The third-order valence-corrected chi connectivity index (χ3v) is 5.06. The summed E-state index contributed by atoms with van der Waals surface area (Å²) in [5.41, 5.74) is 0.976. The van der Waals surface area contributed by atoms with Gasteiger partial charge in [0.1, 0.15) is 5.82 Å². The van der Waals surface area contributed by atoms with Crippen LogP contribution in [0.2, 0.25) is 5.02 Å². The van der Waals surface area contributed by atoms with E-state index < -0.39 is 0 Å². The molecule has 0 amide bonds. The Morgan fingerprint density at radius 2 is 2.15 bits per heavy atom. The zero-order chi connectivity index (χ0) is 14.1. The molecule has 110 valence electrons. The summed E-state index contributed by atoms with van der Waals surface area (Å²) in [4.78, 5) is 5.01. The zero-order valence-electron chi connectivity index (χ0n) is 12.0. The van der Waals surface area contributed by atoms with Crippen molar-refractivity contribution in [3.63, 3.8) is 0 Å². The number of hydrogen-bond acceptors (Lipinski definition) is 2. The van der Waals surface area contributed by atoms with Crippen molar-refractivity contribution >= 4 is 17.3 Å². The second-order valence-electron chi connectivity index (χ2n) is 5.96. The molecule has 2 atom stereocenters. The molecule has 1 aromatic rings. The maximum Gasteiger partial charge on any atom is 0.143 e. The van der Waals surface area contributed by atoms with E-state index in [2.05, 4.69) is 16.7 Å². The van der Waals surface area contributed by atoms with E-state index in [1.807, 2.05) is 6.07 Å². The second kappa shape index (κ2) is 5.90. The minimum atomic E-state index is -0.315. The Labute approximate surface area is 125 Å². The van der Waals surface area contributed by atoms with Gasteiger partial charge in [-0.2, -0.15) is 0 Å². The normalized spacial score (nSPS) is 27.4. The summed E-state index contributed by atoms with van der Waals surface area (Å²) in [6.45, 7) is 5.56. The van der Waals surface area contributed by atoms with E-state index in [0.717, 1.165) is 25.2 Å². The first-order valence-electron chi connectivity index (χ1n) is 7.64. The average Bonchev–Trinajstić information content (AvgIpc) is 2.48. The van der Waals surface area contributed by atoms with Gasteiger partial charge in [-0.25, -0.2) is 4.39 Å². The molecule has 2 nitrogen and oxygen atoms in total. The molecule has 2 unspecified atom stereocenters. The number of hydrogen-bond donors (Lipinski definition) is 0. The molecule has 2 aliphatic rings. The van der Waals surface area contributed by atoms with Crippen LogP contribution < -0.4 is 4.90 Å². The smallest absolute Gasteiger partial charge is 0.143 e. The first-order valence-corrected chi connectivity index (χ1v) is 8.02. The fraction of sp³-hybridized carbons (Fsp3) is 0.625. The van der Waals surface area contributed by atoms with Crippen LogP contribution >= 0.6 is 11.6 Å². The van der Waals surface area contributed by atoms with E-state index in [-0.39, 0.29) is 10.8 Å². The maximum atomic E-state index is 13.7. The molecular formula is C16H22ClFN2. The molecule has 2 heterocycles. The highest BCUT2D eigenvalue weighted by atomic mass is 35.5. The van der Waals surface area contributed by atoms with Crippen molar-refractivity contribution in [1.29, 1.82) is 0 Å². The van der Waals surface area contributed by atoms with E-state index in [1.165, 1.54) is 25.8 Å². The van der Waals surface area contributed by atoms with Gasteiger partial charge >= 0.3 is 0 Å². The average molecular weight is 297 g/mol. The number of benzene rings is 1. The quantitative estimate of drug-likeness (QED) is 0.816. The zero-order valence-corrected chi connectivity index (χ0v) is 12.7. The maximum absolute atomic E-state index is 13.7. The van der Waals surface area contributed by atoms with Crippen LogP contribution in [-0.4, -0.2) is 36.6 Å². The Kier molecular flexibility index (Phi) is 4.18. The van der Waals surface area contributed by atoms with Gasteiger partial charge in [0.25, 0.3) is 0 Å². The molecule has 0 N–H and O–H groups in total. The lowest BCUT2D eigenvalue weighted by atomic mass is 9.95. The lowest BCUT2D eigenvalue weighted by Crippen LogP contribution is -2.59. The molecule has 2 saturated heterocycles. The van der Waals surface area contributed by atoms with Crippen LogP contribution in [0.25, 0.3) is 0 Å². The van der Waals surface area contributed by atoms with E-state index in [0.29, 0.717) is 12.1 Å². The summed E-state index contributed by atoms with van der Waals surface area (Å²) in [7, 11) is 0. The van der Waals surface area contributed by atoms with Crippen molar-refractivity contribution in [1.82, 2.24) is 4.90 Å². The highest BCUT2D eigenvalue weighted by Crippen LogP contribution is 2.30. The molecule has 0 bridgehead atoms. The van der Waals surface area contributed by atoms with Crippen molar-refractivity contribution in [2.75, 3.05) is 24.5 Å². The third-order valence-electron chi connectivity index (χ3n) is 4.75. The number of piperidine rings is 1. The van der Waals surface area contributed by atoms with Gasteiger partial charge in [0.2, 0.25) is 0 Å². The predicted octanol–water partition coefficient (Wildman–Crippen LogP) is 3.93. The van der Waals surface area contributed by atoms with Crippen molar-refractivity contribution < 1.29 is 4.39 Å². The lowest BCUT2D eigenvalue weighted by molar-refractivity contribution is 0.111. The molecule has 0 aliphatic carbocycles. The summed E-state index contributed by atoms with van der Waals surface area (Å²) < 4.78 is 13.7. The van der Waals surface area contributed by atoms with Gasteiger partial charge < -0.3 is 4.90 Å². The second-order valence-corrected chi connectivity index (χ2v) is 6.36. The van der Waals surface area contributed by atoms with E-state index >= 15 is 0 Å². The summed E-state index contributed by atoms with van der Waals surface area (Å²) in [5.74, 6) is -0.315. The Hall–Kier alpha value is -0.800. The standard InChI is InChI=1S/C16H22ClFN2/c1-2-12-10-19-8-4-3-5-14(19)11-20(12)13-6-7-15(17)16(18)9-13/h6-7,9,12,14H,2-5,8,10-11H2,1H3. The van der Waals surface area contributed by atoms with Gasteiger partial charge in [-0.05, 0) is 44.0 Å². The lowest BCUT2D eigenvalue weighted by Gasteiger charge is -2.49. The van der Waals surface area contributed by atoms with Gasteiger partial charge in [-0.15, -0.1) is 0 Å². The number of fused-ring (bicyclic) bond motifs is 1. The molecular weight excluding hydrogens is 275 g/mol. The first-order chi connectivity index (χ1) is 9.69. The van der Waals surface area contributed by atoms with Crippen molar-refractivity contribution in [2.45, 2.75) is 44.7 Å². The topological polar surface area (TPSA) is 6.48 Å². The van der Waals surface area contributed by atoms with Crippen molar-refractivity contribution in [3.8, 4) is 0 Å². The highest BCUT2D eigenvalue weighted by Gasteiger charge is 2.34. The first kappa shape index (κ1) is 14.2. The van der Waals surface area contributed by atoms with Crippen LogP contribution in [0.5, 0.6) is 0 Å². The molecule has 0 radical (unpaired) electrons. The van der Waals surface area contributed by atoms with Crippen LogP contribution in [0.15, 0.2) is 18.2 Å². The summed E-state index contributed by atoms with van der Waals surface area (Å²) in [6, 6.07) is 6.32. The van der Waals surface area contributed by atoms with Crippen LogP contribution in [0.3, 0.4) is 0 Å². The molecule has 2 fully saturated rings. The van der Waals surface area contributed by atoms with Crippen LogP contribution in [0, 0.1) is 5.82 Å². The van der Waals surface area contributed by atoms with Gasteiger partial charge in [0, 0.05) is 30.9 Å². The SMILES string of the molecule is CCC1CN2CCCCC2CN1c1ccc(Cl)c(F)c1. The van der Waals surface area contributed by atoms with Crippen LogP contribution in [0.1, 0.15) is 32.6 Å². The molecule has 1 aromatic carbocycles. The Morgan fingerprint density at radius 3 is 2.90 bits per heavy atom. The van der Waals surface area contributed by atoms with Crippen LogP contribution in [0.4, 0.5) is 10.1 Å². The number of nitrogens with zero attached hydrogens (tertiary/aromatic N) is 2. The van der Waals surface area contributed by atoms with Crippen LogP contribution in [-0.2, 0) is 0 Å². The van der Waals surface area contributed by atoms with Gasteiger partial charge in [0.15, 0.2) is 0 Å². The summed E-state index contributed by atoms with van der Waals surface area (Å²) >= 11 is 5.80. The highest BCUT2D eigenvalue weighted by molar-refractivity contribution is 6.30. The monoisotopic (exact) mass is 296 g/mol. The Balaban J connectivity index is 1.84. The number of rotatable bonds is 2. The van der Waals surface area contributed by atoms with Crippen molar-refractivity contribution in [3.05, 3.63) is 29.0 Å². The molecule has 3 rings (SSSR count). The predicted molar refractivity (Wildman–Crippen MR) is 82.0 cm³/mol. The van der Waals surface area contributed by atoms with Gasteiger partial charge in [-0.1, -0.05) is 24.9 Å². The Morgan fingerprint density at radius 1 is 1.30 bits per heavy atom. The molecule has 20 heavy (non-hydrogen) atoms. The van der Waals surface area contributed by atoms with E-state index in [9.17, 15) is 4.39 Å².